The Balaban J connectivity index is 1.65. The van der Waals surface area contributed by atoms with E-state index in [0.29, 0.717) is 11.4 Å². The molecule has 1 heterocycles. The largest absolute Gasteiger partial charge is 0.482 e. The minimum atomic E-state index is -1.11. The lowest BCUT2D eigenvalue weighted by Gasteiger charge is -2.22. The number of hydrogen-bond acceptors (Lipinski definition) is 4. The van der Waals surface area contributed by atoms with Crippen LogP contribution in [-0.4, -0.2) is 24.2 Å². The molecule has 3 N–H and O–H groups in total. The van der Waals surface area contributed by atoms with Crippen molar-refractivity contribution in [2.75, 3.05) is 18.5 Å². The summed E-state index contributed by atoms with van der Waals surface area (Å²) in [5, 5.41) is 15.9. The summed E-state index contributed by atoms with van der Waals surface area (Å²) in [6, 6.07) is 8.31. The third-order valence-electron chi connectivity index (χ3n) is 4.08. The van der Waals surface area contributed by atoms with Crippen LogP contribution in [0.15, 0.2) is 36.4 Å². The van der Waals surface area contributed by atoms with Crippen molar-refractivity contribution in [2.45, 2.75) is 19.1 Å². The van der Waals surface area contributed by atoms with Crippen LogP contribution < -0.4 is 15.4 Å². The van der Waals surface area contributed by atoms with Crippen LogP contribution in [-0.2, 0) is 4.79 Å². The van der Waals surface area contributed by atoms with E-state index >= 15 is 0 Å². The van der Waals surface area contributed by atoms with Crippen LogP contribution in [0.2, 0.25) is 0 Å². The highest BCUT2D eigenvalue weighted by Crippen LogP contribution is 2.30. The summed E-state index contributed by atoms with van der Waals surface area (Å²) in [6.07, 6.45) is -1.11. The minimum absolute atomic E-state index is 0.00439. The third kappa shape index (κ3) is 3.94. The number of hydrogen-bond donors (Lipinski definition) is 3. The molecule has 25 heavy (non-hydrogen) atoms. The molecule has 0 saturated heterocycles. The second kappa shape index (κ2) is 7.16. The molecule has 0 radical (unpaired) electrons. The molecule has 1 amide bonds. The van der Waals surface area contributed by atoms with Gasteiger partial charge in [-0.15, -0.1) is 0 Å². The lowest BCUT2D eigenvalue weighted by atomic mass is 10.0. The van der Waals surface area contributed by atoms with Crippen molar-refractivity contribution in [2.24, 2.45) is 0 Å². The molecule has 132 valence electrons. The van der Waals surface area contributed by atoms with E-state index in [2.05, 4.69) is 10.6 Å². The second-order valence-electron chi connectivity index (χ2n) is 5.90. The first kappa shape index (κ1) is 17.3. The molecule has 2 aromatic rings. The fourth-order valence-electron chi connectivity index (χ4n) is 2.66. The van der Waals surface area contributed by atoms with Crippen molar-refractivity contribution in [3.05, 3.63) is 59.2 Å². The highest BCUT2D eigenvalue weighted by molar-refractivity contribution is 5.95. The van der Waals surface area contributed by atoms with Gasteiger partial charge in [0.1, 0.15) is 17.4 Å². The molecule has 1 aliphatic heterocycles. The number of carbonyl (C=O) groups excluding carboxylic acids is 1. The lowest BCUT2D eigenvalue weighted by molar-refractivity contribution is -0.118. The summed E-state index contributed by atoms with van der Waals surface area (Å²) in [7, 11) is 0. The number of halogens is 2. The molecule has 3 rings (SSSR count). The average molecular weight is 348 g/mol. The van der Waals surface area contributed by atoms with E-state index in [1.807, 2.05) is 13.0 Å². The zero-order chi connectivity index (χ0) is 18.0. The zero-order valence-electron chi connectivity index (χ0n) is 13.6. The van der Waals surface area contributed by atoms with Gasteiger partial charge < -0.3 is 20.5 Å². The molecular formula is C18H18F2N2O3. The number of ether oxygens (including phenoxy) is 1. The van der Waals surface area contributed by atoms with Gasteiger partial charge in [0, 0.05) is 24.2 Å². The van der Waals surface area contributed by atoms with Crippen LogP contribution in [0.4, 0.5) is 14.5 Å². The van der Waals surface area contributed by atoms with Gasteiger partial charge in [-0.3, -0.25) is 4.79 Å². The number of aliphatic hydroxyl groups excluding tert-OH is 1. The smallest absolute Gasteiger partial charge is 0.262 e. The quantitative estimate of drug-likeness (QED) is 0.777. The molecular weight excluding hydrogens is 330 g/mol. The molecule has 2 aromatic carbocycles. The first-order valence-electron chi connectivity index (χ1n) is 7.87. The summed E-state index contributed by atoms with van der Waals surface area (Å²) in [4.78, 5) is 11.4. The van der Waals surface area contributed by atoms with Gasteiger partial charge in [0.2, 0.25) is 0 Å². The summed E-state index contributed by atoms with van der Waals surface area (Å²) in [6.45, 7) is 1.96. The van der Waals surface area contributed by atoms with Gasteiger partial charge in [0.15, 0.2) is 6.61 Å². The summed E-state index contributed by atoms with van der Waals surface area (Å²) >= 11 is 0. The summed E-state index contributed by atoms with van der Waals surface area (Å²) < 4.78 is 31.9. The topological polar surface area (TPSA) is 70.6 Å². The Bertz CT molecular complexity index is 798. The average Bonchev–Trinajstić information content (AvgIpc) is 2.58. The van der Waals surface area contributed by atoms with Gasteiger partial charge in [-0.25, -0.2) is 8.78 Å². The molecule has 0 saturated carbocycles. The second-order valence-corrected chi connectivity index (χ2v) is 5.90. The molecule has 0 fully saturated rings. The van der Waals surface area contributed by atoms with Crippen LogP contribution in [0.1, 0.15) is 30.2 Å². The lowest BCUT2D eigenvalue weighted by Crippen LogP contribution is -2.27. The Kier molecular flexibility index (Phi) is 4.96. The highest BCUT2D eigenvalue weighted by Gasteiger charge is 2.19. The normalized spacial score (nSPS) is 15.8. The van der Waals surface area contributed by atoms with Crippen molar-refractivity contribution in [1.82, 2.24) is 5.32 Å². The van der Waals surface area contributed by atoms with Crippen molar-refractivity contribution < 1.29 is 23.4 Å². The van der Waals surface area contributed by atoms with Crippen molar-refractivity contribution in [3.8, 4) is 5.75 Å². The molecule has 0 aliphatic carbocycles. The van der Waals surface area contributed by atoms with E-state index in [-0.39, 0.29) is 30.7 Å². The molecule has 0 spiro atoms. The van der Waals surface area contributed by atoms with E-state index in [0.717, 1.165) is 17.7 Å². The van der Waals surface area contributed by atoms with Crippen LogP contribution in [0.25, 0.3) is 0 Å². The van der Waals surface area contributed by atoms with Gasteiger partial charge in [-0.1, -0.05) is 12.1 Å². The maximum Gasteiger partial charge on any atom is 0.262 e. The zero-order valence-corrected chi connectivity index (χ0v) is 13.6. The Labute approximate surface area is 143 Å². The van der Waals surface area contributed by atoms with E-state index in [9.17, 15) is 18.7 Å². The monoisotopic (exact) mass is 348 g/mol. The van der Waals surface area contributed by atoms with E-state index < -0.39 is 17.7 Å². The fraction of sp³-hybridized carbons (Fsp3) is 0.278. The number of anilines is 1. The van der Waals surface area contributed by atoms with Crippen LogP contribution >= 0.6 is 0 Å². The van der Waals surface area contributed by atoms with Gasteiger partial charge >= 0.3 is 0 Å². The maximum absolute atomic E-state index is 13.7. The number of amides is 1. The maximum atomic E-state index is 13.7. The van der Waals surface area contributed by atoms with Gasteiger partial charge in [-0.2, -0.15) is 0 Å². The van der Waals surface area contributed by atoms with Gasteiger partial charge in [0.05, 0.1) is 11.8 Å². The minimum Gasteiger partial charge on any atom is -0.482 e. The van der Waals surface area contributed by atoms with Crippen molar-refractivity contribution in [3.63, 3.8) is 0 Å². The van der Waals surface area contributed by atoms with E-state index in [1.165, 1.54) is 6.07 Å². The Morgan fingerprint density at radius 1 is 1.28 bits per heavy atom. The van der Waals surface area contributed by atoms with Crippen LogP contribution in [0.5, 0.6) is 5.75 Å². The molecule has 0 aromatic heterocycles. The number of nitrogens with one attached hydrogen (secondary N) is 2. The van der Waals surface area contributed by atoms with Crippen LogP contribution in [0, 0.1) is 11.6 Å². The fourth-order valence-corrected chi connectivity index (χ4v) is 2.66. The van der Waals surface area contributed by atoms with E-state index in [4.69, 9.17) is 4.74 Å². The first-order valence-corrected chi connectivity index (χ1v) is 7.87. The highest BCUT2D eigenvalue weighted by atomic mass is 19.1. The van der Waals surface area contributed by atoms with E-state index in [1.54, 1.807) is 12.1 Å². The number of carbonyl (C=O) groups is 1. The van der Waals surface area contributed by atoms with Gasteiger partial charge in [0.25, 0.3) is 5.91 Å². The molecule has 0 bridgehead atoms. The van der Waals surface area contributed by atoms with Gasteiger partial charge in [-0.05, 0) is 30.7 Å². The molecule has 2 unspecified atom stereocenters. The molecule has 5 nitrogen and oxygen atoms in total. The molecule has 1 aliphatic rings. The van der Waals surface area contributed by atoms with Crippen molar-refractivity contribution in [1.29, 1.82) is 0 Å². The van der Waals surface area contributed by atoms with Crippen LogP contribution in [0.3, 0.4) is 0 Å². The third-order valence-corrected chi connectivity index (χ3v) is 4.08. The number of rotatable bonds is 5. The van der Waals surface area contributed by atoms with Crippen molar-refractivity contribution >= 4 is 11.6 Å². The Hall–Kier alpha value is -2.51. The predicted molar refractivity (Wildman–Crippen MR) is 88.3 cm³/mol. The standard InChI is InChI=1S/C18H18F2N2O3/c1-10(11-2-5-17-15(6-11)22-18(24)9-25-17)21-8-16(23)13-4-3-12(19)7-14(13)20/h2-7,10,16,21,23H,8-9H2,1H3,(H,22,24). The first-order chi connectivity index (χ1) is 11.9. The number of aliphatic hydroxyl groups is 1. The molecule has 7 heteroatoms. The Morgan fingerprint density at radius 3 is 2.84 bits per heavy atom. The summed E-state index contributed by atoms with van der Waals surface area (Å²) in [5.74, 6) is -1.08. The Morgan fingerprint density at radius 2 is 2.08 bits per heavy atom. The molecule has 2 atom stereocenters. The summed E-state index contributed by atoms with van der Waals surface area (Å²) in [5.41, 5.74) is 1.50. The number of fused-ring (bicyclic) bond motifs is 1. The predicted octanol–water partition coefficient (Wildman–Crippen LogP) is 2.68. The number of benzene rings is 2. The SMILES string of the molecule is CC(NCC(O)c1ccc(F)cc1F)c1ccc2c(c1)NC(=O)CO2.